The van der Waals surface area contributed by atoms with E-state index in [0.29, 0.717) is 9.77 Å². The van der Waals surface area contributed by atoms with Crippen molar-refractivity contribution in [1.29, 1.82) is 0 Å². The summed E-state index contributed by atoms with van der Waals surface area (Å²) in [6, 6.07) is 9.16. The highest BCUT2D eigenvalue weighted by Gasteiger charge is 2.30. The third-order valence-electron chi connectivity index (χ3n) is 3.28. The quantitative estimate of drug-likeness (QED) is 0.556. The maximum absolute atomic E-state index is 12.5. The Balaban J connectivity index is 2.70. The van der Waals surface area contributed by atoms with Crippen LogP contribution in [0.5, 0.6) is 0 Å². The minimum Gasteiger partial charge on any atom is -0.462 e. The predicted molar refractivity (Wildman–Crippen MR) is 105 cm³/mol. The number of nitrogens with two attached hydrogens (primary N) is 1. The Labute approximate surface area is 159 Å². The average Bonchev–Trinajstić information content (AvgIpc) is 2.63. The first-order valence-electron chi connectivity index (χ1n) is 7.44. The van der Waals surface area contributed by atoms with Gasteiger partial charge >= 0.3 is 16.4 Å². The van der Waals surface area contributed by atoms with Gasteiger partial charge in [-0.3, -0.25) is 4.18 Å². The molecular weight excluding hydrogens is 398 g/mol. The van der Waals surface area contributed by atoms with Crippen molar-refractivity contribution in [1.82, 2.24) is 0 Å². The second-order valence-corrected chi connectivity index (χ2v) is 9.04. The third-order valence-corrected chi connectivity index (χ3v) is 7.46. The Morgan fingerprint density at radius 3 is 2.46 bits per heavy atom. The van der Waals surface area contributed by atoms with Gasteiger partial charge in [0.15, 0.2) is 0 Å². The monoisotopic (exact) mass is 417 g/mol. The van der Waals surface area contributed by atoms with Gasteiger partial charge in [-0.2, -0.15) is 12.0 Å². The first-order chi connectivity index (χ1) is 12.3. The Morgan fingerprint density at radius 1 is 1.27 bits per heavy atom. The van der Waals surface area contributed by atoms with Gasteiger partial charge in [0.05, 0.1) is 23.5 Å². The van der Waals surface area contributed by atoms with E-state index in [1.807, 2.05) is 30.3 Å². The highest BCUT2D eigenvalue weighted by Crippen LogP contribution is 2.42. The van der Waals surface area contributed by atoms with Crippen LogP contribution in [-0.2, 0) is 27.7 Å². The fraction of sp³-hybridized carbons (Fsp3) is 0.250. The first-order valence-corrected chi connectivity index (χ1v) is 11.2. The van der Waals surface area contributed by atoms with E-state index in [0.717, 1.165) is 12.7 Å². The lowest BCUT2D eigenvalue weighted by molar-refractivity contribution is -0.138. The minimum atomic E-state index is -4.26. The summed E-state index contributed by atoms with van der Waals surface area (Å²) in [5.74, 6) is -0.642. The van der Waals surface area contributed by atoms with Gasteiger partial charge in [-0.1, -0.05) is 30.3 Å². The number of thioether (sulfide) groups is 1. The Kier molecular flexibility index (Phi) is 7.07. The third kappa shape index (κ3) is 4.57. The summed E-state index contributed by atoms with van der Waals surface area (Å²) >= 11 is 1.28. The van der Waals surface area contributed by atoms with Gasteiger partial charge in [0, 0.05) is 16.3 Å². The molecule has 0 fully saturated rings. The molecule has 1 heterocycles. The fourth-order valence-electron chi connectivity index (χ4n) is 2.15. The van der Waals surface area contributed by atoms with Gasteiger partial charge in [-0.05, 0) is 24.8 Å². The minimum absolute atomic E-state index is 0.0187. The number of benzene rings is 1. The summed E-state index contributed by atoms with van der Waals surface area (Å²) in [7, 11) is -4.77. The SMILES string of the molecule is CCOC(=O)C1=C(N)S(OS(=O)(=O)OC)=C(SC)C=C1c1ccccc1. The van der Waals surface area contributed by atoms with Crippen LogP contribution < -0.4 is 5.73 Å². The number of carbonyl (C=O) groups excluding carboxylic acids is 1. The van der Waals surface area contributed by atoms with Crippen LogP contribution >= 0.6 is 22.5 Å². The van der Waals surface area contributed by atoms with Crippen molar-refractivity contribution in [2.75, 3.05) is 20.0 Å². The summed E-state index contributed by atoms with van der Waals surface area (Å²) < 4.78 is 38.6. The van der Waals surface area contributed by atoms with Gasteiger partial charge in [0.2, 0.25) is 0 Å². The molecule has 2 rings (SSSR count). The van der Waals surface area contributed by atoms with Crippen LogP contribution in [0.2, 0.25) is 0 Å². The molecule has 1 aliphatic rings. The molecule has 142 valence electrons. The topological polar surface area (TPSA) is 105 Å². The zero-order valence-corrected chi connectivity index (χ0v) is 16.9. The van der Waals surface area contributed by atoms with E-state index < -0.39 is 27.1 Å². The van der Waals surface area contributed by atoms with Crippen molar-refractivity contribution >= 4 is 48.7 Å². The molecule has 0 aromatic heterocycles. The molecule has 0 spiro atoms. The molecule has 0 radical (unpaired) electrons. The largest absolute Gasteiger partial charge is 0.462 e. The van der Waals surface area contributed by atoms with E-state index in [9.17, 15) is 13.2 Å². The Bertz CT molecular complexity index is 888. The number of esters is 1. The van der Waals surface area contributed by atoms with E-state index in [4.69, 9.17) is 14.1 Å². The maximum atomic E-state index is 12.5. The smallest absolute Gasteiger partial charge is 0.410 e. The van der Waals surface area contributed by atoms with Gasteiger partial charge in [-0.25, -0.2) is 4.79 Å². The predicted octanol–water partition coefficient (Wildman–Crippen LogP) is 2.40. The van der Waals surface area contributed by atoms with Crippen molar-refractivity contribution in [3.8, 4) is 0 Å². The van der Waals surface area contributed by atoms with E-state index in [-0.39, 0.29) is 17.2 Å². The second kappa shape index (κ2) is 8.87. The van der Waals surface area contributed by atoms with Crippen LogP contribution in [0.25, 0.3) is 5.57 Å². The van der Waals surface area contributed by atoms with E-state index in [2.05, 4.69) is 4.18 Å². The zero-order chi connectivity index (χ0) is 19.3. The Morgan fingerprint density at radius 2 is 1.92 bits per heavy atom. The van der Waals surface area contributed by atoms with Crippen LogP contribution in [0.3, 0.4) is 0 Å². The molecule has 1 atom stereocenters. The van der Waals surface area contributed by atoms with Gasteiger partial charge < -0.3 is 10.5 Å². The molecule has 0 aliphatic carbocycles. The molecule has 0 amide bonds. The van der Waals surface area contributed by atoms with Crippen molar-refractivity contribution in [3.63, 3.8) is 0 Å². The molecule has 26 heavy (non-hydrogen) atoms. The van der Waals surface area contributed by atoms with E-state index in [1.165, 1.54) is 11.8 Å². The van der Waals surface area contributed by atoms with Crippen LogP contribution in [0, 0.1) is 0 Å². The van der Waals surface area contributed by atoms with Crippen LogP contribution in [0.15, 0.2) is 47.0 Å². The first kappa shape index (κ1) is 20.7. The molecule has 10 heteroatoms. The van der Waals surface area contributed by atoms with Gasteiger partial charge in [0.25, 0.3) is 0 Å². The number of ether oxygens (including phenoxy) is 1. The summed E-state index contributed by atoms with van der Waals surface area (Å²) in [5.41, 5.74) is 7.57. The zero-order valence-electron chi connectivity index (χ0n) is 14.4. The lowest BCUT2D eigenvalue weighted by Gasteiger charge is -2.22. The van der Waals surface area contributed by atoms with Crippen LogP contribution in [0.1, 0.15) is 12.5 Å². The van der Waals surface area contributed by atoms with Gasteiger partial charge in [0.1, 0.15) is 5.03 Å². The number of hydrogen-bond acceptors (Lipinski definition) is 8. The molecule has 0 saturated heterocycles. The van der Waals surface area contributed by atoms with E-state index >= 15 is 0 Å². The van der Waals surface area contributed by atoms with Crippen molar-refractivity contribution in [2.45, 2.75) is 6.92 Å². The van der Waals surface area contributed by atoms with E-state index in [1.54, 1.807) is 19.3 Å². The van der Waals surface area contributed by atoms with Crippen molar-refractivity contribution in [3.05, 3.63) is 52.6 Å². The average molecular weight is 418 g/mol. The second-order valence-electron chi connectivity index (χ2n) is 4.82. The molecular formula is C16H19NO6S3. The summed E-state index contributed by atoms with van der Waals surface area (Å²) in [6.07, 6.45) is 3.46. The van der Waals surface area contributed by atoms with Crippen molar-refractivity contribution in [2.24, 2.45) is 5.73 Å². The number of hydrogen-bond donors (Lipinski definition) is 1. The molecule has 0 saturated carbocycles. The normalized spacial score (nSPS) is 17.9. The highest BCUT2D eigenvalue weighted by atomic mass is 32.3. The lowest BCUT2D eigenvalue weighted by atomic mass is 9.98. The summed E-state index contributed by atoms with van der Waals surface area (Å²) in [6.45, 7) is 1.83. The Hall–Kier alpha value is -1.59. The van der Waals surface area contributed by atoms with Crippen LogP contribution in [0.4, 0.5) is 0 Å². The number of carbonyl (C=O) groups is 1. The van der Waals surface area contributed by atoms with Gasteiger partial charge in [-0.15, -0.1) is 11.8 Å². The molecule has 1 aliphatic heterocycles. The van der Waals surface area contributed by atoms with Crippen molar-refractivity contribution < 1.29 is 25.8 Å². The lowest BCUT2D eigenvalue weighted by Crippen LogP contribution is -2.20. The molecule has 2 N–H and O–H groups in total. The number of rotatable bonds is 6. The molecule has 7 nitrogen and oxygen atoms in total. The standard InChI is InChI=1S/C16H19NO6S3/c1-4-22-16(18)14-12(11-8-6-5-7-9-11)10-13(24-3)25(15(14)17)23-26(19,20)21-2/h5-10H,4,17H2,1-3H3. The maximum Gasteiger partial charge on any atom is 0.410 e. The summed E-state index contributed by atoms with van der Waals surface area (Å²) in [4.78, 5) is 12.5. The molecule has 1 aromatic carbocycles. The molecule has 0 bridgehead atoms. The fourth-order valence-corrected chi connectivity index (χ4v) is 5.78. The highest BCUT2D eigenvalue weighted by molar-refractivity contribution is 8.35. The summed E-state index contributed by atoms with van der Waals surface area (Å²) in [5, 5.41) is -0.0187. The van der Waals surface area contributed by atoms with Crippen LogP contribution in [-0.4, -0.2) is 38.6 Å². The molecule has 1 aromatic rings. The molecule has 1 unspecified atom stereocenters.